The second-order valence-electron chi connectivity index (χ2n) is 4.12. The van der Waals surface area contributed by atoms with E-state index in [1.165, 1.54) is 0 Å². The summed E-state index contributed by atoms with van der Waals surface area (Å²) in [7, 11) is 0. The molecular formula is C11H13Cl2N3O. The fourth-order valence-electron chi connectivity index (χ4n) is 2.02. The van der Waals surface area contributed by atoms with Crippen molar-refractivity contribution in [1.82, 2.24) is 4.98 Å². The average Bonchev–Trinajstić information content (AvgIpc) is 2.29. The van der Waals surface area contributed by atoms with Crippen LogP contribution in [0.1, 0.15) is 12.8 Å². The van der Waals surface area contributed by atoms with Crippen LogP contribution in [-0.4, -0.2) is 24.0 Å². The minimum absolute atomic E-state index is 0.0303. The lowest BCUT2D eigenvalue weighted by atomic mass is 9.96. The number of amides is 1. The highest BCUT2D eigenvalue weighted by atomic mass is 35.5. The summed E-state index contributed by atoms with van der Waals surface area (Å²) in [6.45, 7) is 1.48. The van der Waals surface area contributed by atoms with Crippen LogP contribution in [0.15, 0.2) is 12.3 Å². The molecule has 2 N–H and O–H groups in total. The number of hydrogen-bond donors (Lipinski definition) is 1. The van der Waals surface area contributed by atoms with Crippen molar-refractivity contribution < 1.29 is 4.79 Å². The first-order chi connectivity index (χ1) is 8.08. The van der Waals surface area contributed by atoms with Gasteiger partial charge in [0.25, 0.3) is 0 Å². The minimum atomic E-state index is -0.222. The molecule has 1 aliphatic heterocycles. The second kappa shape index (κ2) is 5.10. The fraction of sp³-hybridized carbons (Fsp3) is 0.455. The normalized spacial score (nSPS) is 17.2. The van der Waals surface area contributed by atoms with E-state index in [1.807, 2.05) is 0 Å². The van der Waals surface area contributed by atoms with Gasteiger partial charge < -0.3 is 10.6 Å². The molecule has 0 unspecified atom stereocenters. The summed E-state index contributed by atoms with van der Waals surface area (Å²) in [5.41, 5.74) is 5.28. The number of piperidine rings is 1. The monoisotopic (exact) mass is 273 g/mol. The molecule has 6 heteroatoms. The maximum Gasteiger partial charge on any atom is 0.220 e. The Kier molecular flexibility index (Phi) is 3.74. The maximum absolute atomic E-state index is 11.1. The lowest BCUT2D eigenvalue weighted by molar-refractivity contribution is -0.122. The highest BCUT2D eigenvalue weighted by Crippen LogP contribution is 2.29. The maximum atomic E-state index is 11.1. The van der Waals surface area contributed by atoms with Gasteiger partial charge in [0, 0.05) is 25.2 Å². The van der Waals surface area contributed by atoms with E-state index >= 15 is 0 Å². The van der Waals surface area contributed by atoms with Gasteiger partial charge in [-0.25, -0.2) is 4.98 Å². The molecule has 0 aromatic carbocycles. The van der Waals surface area contributed by atoms with E-state index in [4.69, 9.17) is 28.9 Å². The number of rotatable bonds is 2. The molecule has 17 heavy (non-hydrogen) atoms. The number of carbonyl (C=O) groups excluding carboxylic acids is 1. The Bertz CT molecular complexity index is 431. The lowest BCUT2D eigenvalue weighted by Gasteiger charge is -2.31. The van der Waals surface area contributed by atoms with Crippen molar-refractivity contribution in [1.29, 1.82) is 0 Å². The number of nitrogens with two attached hydrogens (primary N) is 1. The van der Waals surface area contributed by atoms with E-state index in [0.29, 0.717) is 10.0 Å². The summed E-state index contributed by atoms with van der Waals surface area (Å²) in [5, 5.41) is 1.06. The summed E-state index contributed by atoms with van der Waals surface area (Å²) < 4.78 is 0. The molecule has 0 saturated carbocycles. The van der Waals surface area contributed by atoms with Gasteiger partial charge in [-0.2, -0.15) is 0 Å². The van der Waals surface area contributed by atoms with E-state index in [1.54, 1.807) is 12.3 Å². The molecule has 4 nitrogen and oxygen atoms in total. The zero-order chi connectivity index (χ0) is 12.4. The smallest absolute Gasteiger partial charge is 0.220 e. The summed E-state index contributed by atoms with van der Waals surface area (Å²) in [6, 6.07) is 1.67. The third-order valence-corrected chi connectivity index (χ3v) is 3.47. The third kappa shape index (κ3) is 2.82. The van der Waals surface area contributed by atoms with Crippen molar-refractivity contribution in [2.24, 2.45) is 11.7 Å². The Morgan fingerprint density at radius 3 is 2.59 bits per heavy atom. The number of carbonyl (C=O) groups is 1. The number of pyridine rings is 1. The first-order valence-electron chi connectivity index (χ1n) is 5.43. The van der Waals surface area contributed by atoms with E-state index in [9.17, 15) is 4.79 Å². The Balaban J connectivity index is 2.08. The quantitative estimate of drug-likeness (QED) is 0.898. The predicted octanol–water partition coefficient (Wildman–Crippen LogP) is 2.09. The molecule has 1 saturated heterocycles. The van der Waals surface area contributed by atoms with Crippen LogP contribution in [0, 0.1) is 5.92 Å². The standard InChI is InChI=1S/C11H13Cl2N3O/c12-8-5-9(13)11(15-6-8)16-3-1-7(2-4-16)10(14)17/h5-7H,1-4H2,(H2,14,17). The zero-order valence-corrected chi connectivity index (χ0v) is 10.7. The predicted molar refractivity (Wildman–Crippen MR) is 68.4 cm³/mol. The molecule has 2 rings (SSSR count). The number of aromatic nitrogens is 1. The summed E-state index contributed by atoms with van der Waals surface area (Å²) in [6.07, 6.45) is 3.06. The van der Waals surface area contributed by atoms with Gasteiger partial charge in [0.15, 0.2) is 0 Å². The molecule has 0 aliphatic carbocycles. The number of nitrogens with zero attached hydrogens (tertiary/aromatic N) is 2. The van der Waals surface area contributed by atoms with Crippen molar-refractivity contribution in [3.8, 4) is 0 Å². The van der Waals surface area contributed by atoms with Crippen LogP contribution >= 0.6 is 23.2 Å². The van der Waals surface area contributed by atoms with Crippen LogP contribution < -0.4 is 10.6 Å². The van der Waals surface area contributed by atoms with Crippen LogP contribution in [0.2, 0.25) is 10.0 Å². The Hall–Kier alpha value is -1.000. The van der Waals surface area contributed by atoms with Crippen molar-refractivity contribution in [2.45, 2.75) is 12.8 Å². The second-order valence-corrected chi connectivity index (χ2v) is 4.97. The van der Waals surface area contributed by atoms with Crippen molar-refractivity contribution in [3.63, 3.8) is 0 Å². The van der Waals surface area contributed by atoms with Crippen molar-refractivity contribution >= 4 is 34.9 Å². The number of primary amides is 1. The molecular weight excluding hydrogens is 261 g/mol. The molecule has 2 heterocycles. The van der Waals surface area contributed by atoms with Gasteiger partial charge in [0.1, 0.15) is 5.82 Å². The summed E-state index contributed by atoms with van der Waals surface area (Å²) >= 11 is 11.9. The molecule has 0 atom stereocenters. The van der Waals surface area contributed by atoms with Crippen LogP contribution in [0.4, 0.5) is 5.82 Å². The van der Waals surface area contributed by atoms with Crippen molar-refractivity contribution in [2.75, 3.05) is 18.0 Å². The third-order valence-electron chi connectivity index (χ3n) is 2.99. The van der Waals surface area contributed by atoms with Crippen LogP contribution in [-0.2, 0) is 4.79 Å². The van der Waals surface area contributed by atoms with Gasteiger partial charge >= 0.3 is 0 Å². The molecule has 1 aromatic heterocycles. The summed E-state index contributed by atoms with van der Waals surface area (Å²) in [4.78, 5) is 17.3. The van der Waals surface area contributed by atoms with Gasteiger partial charge in [-0.3, -0.25) is 4.79 Å². The SMILES string of the molecule is NC(=O)C1CCN(c2ncc(Cl)cc2Cl)CC1. The average molecular weight is 274 g/mol. The fourth-order valence-corrected chi connectivity index (χ4v) is 2.52. The molecule has 1 fully saturated rings. The van der Waals surface area contributed by atoms with Crippen LogP contribution in [0.25, 0.3) is 0 Å². The van der Waals surface area contributed by atoms with E-state index in [2.05, 4.69) is 9.88 Å². The molecule has 1 aliphatic rings. The van der Waals surface area contributed by atoms with Gasteiger partial charge in [-0.05, 0) is 18.9 Å². The van der Waals surface area contributed by atoms with Gasteiger partial charge in [0.2, 0.25) is 5.91 Å². The summed E-state index contributed by atoms with van der Waals surface area (Å²) in [5.74, 6) is 0.469. The Morgan fingerprint density at radius 1 is 1.41 bits per heavy atom. The molecule has 0 bridgehead atoms. The first-order valence-corrected chi connectivity index (χ1v) is 6.19. The Morgan fingerprint density at radius 2 is 2.06 bits per heavy atom. The largest absolute Gasteiger partial charge is 0.369 e. The minimum Gasteiger partial charge on any atom is -0.369 e. The highest BCUT2D eigenvalue weighted by molar-refractivity contribution is 6.36. The van der Waals surface area contributed by atoms with Crippen molar-refractivity contribution in [3.05, 3.63) is 22.3 Å². The highest BCUT2D eigenvalue weighted by Gasteiger charge is 2.24. The van der Waals surface area contributed by atoms with Gasteiger partial charge in [-0.1, -0.05) is 23.2 Å². The topological polar surface area (TPSA) is 59.2 Å². The van der Waals surface area contributed by atoms with Gasteiger partial charge in [0.05, 0.1) is 10.0 Å². The number of halogens is 2. The number of anilines is 1. The molecule has 1 amide bonds. The zero-order valence-electron chi connectivity index (χ0n) is 9.20. The van der Waals surface area contributed by atoms with E-state index < -0.39 is 0 Å². The number of hydrogen-bond acceptors (Lipinski definition) is 3. The first kappa shape index (κ1) is 12.5. The van der Waals surface area contributed by atoms with Crippen LogP contribution in [0.5, 0.6) is 0 Å². The molecule has 0 spiro atoms. The lowest BCUT2D eigenvalue weighted by Crippen LogP contribution is -2.39. The van der Waals surface area contributed by atoms with E-state index in [-0.39, 0.29) is 11.8 Å². The Labute approximate surface area is 110 Å². The molecule has 92 valence electrons. The molecule has 1 aromatic rings. The van der Waals surface area contributed by atoms with Gasteiger partial charge in [-0.15, -0.1) is 0 Å². The van der Waals surface area contributed by atoms with Crippen LogP contribution in [0.3, 0.4) is 0 Å². The van der Waals surface area contributed by atoms with E-state index in [0.717, 1.165) is 31.7 Å². The molecule has 0 radical (unpaired) electrons.